The number of amides is 2. The van der Waals surface area contributed by atoms with E-state index in [0.29, 0.717) is 29.6 Å². The molecule has 0 fully saturated rings. The minimum atomic E-state index is -0.191. The van der Waals surface area contributed by atoms with Crippen molar-refractivity contribution in [2.24, 2.45) is 0 Å². The zero-order chi connectivity index (χ0) is 15.1. The van der Waals surface area contributed by atoms with Gasteiger partial charge in [-0.15, -0.1) is 0 Å². The van der Waals surface area contributed by atoms with E-state index >= 15 is 0 Å². The highest BCUT2D eigenvalue weighted by molar-refractivity contribution is 6.35. The number of nitrogens with one attached hydrogen (secondary N) is 2. The third-order valence-electron chi connectivity index (χ3n) is 2.99. The number of halogens is 2. The molecular weight excluding hydrogens is 307 g/mol. The fourth-order valence-corrected chi connectivity index (χ4v) is 2.38. The fraction of sp³-hybridized carbons (Fsp3) is 0.188. The van der Waals surface area contributed by atoms with Gasteiger partial charge in [0.2, 0.25) is 0 Å². The van der Waals surface area contributed by atoms with Crippen molar-refractivity contribution in [3.63, 3.8) is 0 Å². The van der Waals surface area contributed by atoms with E-state index in [4.69, 9.17) is 23.2 Å². The number of hydrogen-bond donors (Lipinski definition) is 2. The van der Waals surface area contributed by atoms with Crippen LogP contribution in [0.4, 0.5) is 4.79 Å². The second-order valence-electron chi connectivity index (χ2n) is 4.58. The van der Waals surface area contributed by atoms with Crippen LogP contribution in [0, 0.1) is 0 Å². The van der Waals surface area contributed by atoms with Crippen molar-refractivity contribution in [2.45, 2.75) is 13.0 Å². The molecule has 3 nitrogen and oxygen atoms in total. The molecule has 0 saturated carbocycles. The van der Waals surface area contributed by atoms with E-state index < -0.39 is 0 Å². The zero-order valence-electron chi connectivity index (χ0n) is 11.4. The Kier molecular flexibility index (Phi) is 5.90. The number of carbonyl (C=O) groups is 1. The van der Waals surface area contributed by atoms with Gasteiger partial charge in [0.25, 0.3) is 0 Å². The van der Waals surface area contributed by atoms with Crippen molar-refractivity contribution in [3.05, 3.63) is 69.7 Å². The number of hydrogen-bond acceptors (Lipinski definition) is 1. The predicted molar refractivity (Wildman–Crippen MR) is 86.8 cm³/mol. The molecule has 0 aromatic heterocycles. The van der Waals surface area contributed by atoms with Gasteiger partial charge in [-0.3, -0.25) is 0 Å². The molecule has 0 aliphatic heterocycles. The first-order valence-electron chi connectivity index (χ1n) is 6.65. The predicted octanol–water partition coefficient (Wildman–Crippen LogP) is 4.04. The normalized spacial score (nSPS) is 10.2. The number of benzene rings is 2. The van der Waals surface area contributed by atoms with E-state index in [2.05, 4.69) is 10.6 Å². The van der Waals surface area contributed by atoms with Crippen LogP contribution in [0.1, 0.15) is 11.1 Å². The van der Waals surface area contributed by atoms with Gasteiger partial charge < -0.3 is 10.6 Å². The Labute approximate surface area is 134 Å². The average Bonchev–Trinajstić information content (AvgIpc) is 2.48. The maximum atomic E-state index is 11.7. The number of carbonyl (C=O) groups excluding carboxylic acids is 1. The highest BCUT2D eigenvalue weighted by Crippen LogP contribution is 2.20. The van der Waals surface area contributed by atoms with Crippen LogP contribution in [0.3, 0.4) is 0 Å². The zero-order valence-corrected chi connectivity index (χ0v) is 12.9. The molecule has 0 spiro atoms. The molecule has 110 valence electrons. The van der Waals surface area contributed by atoms with Crippen LogP contribution in [-0.4, -0.2) is 12.6 Å². The van der Waals surface area contributed by atoms with Crippen molar-refractivity contribution in [1.29, 1.82) is 0 Å². The minimum Gasteiger partial charge on any atom is -0.338 e. The van der Waals surface area contributed by atoms with Gasteiger partial charge in [0, 0.05) is 23.1 Å². The van der Waals surface area contributed by atoms with Crippen LogP contribution in [0.5, 0.6) is 0 Å². The van der Waals surface area contributed by atoms with E-state index in [1.165, 1.54) is 0 Å². The summed E-state index contributed by atoms with van der Waals surface area (Å²) in [6.45, 7) is 1.02. The monoisotopic (exact) mass is 322 g/mol. The SMILES string of the molecule is O=C(NCCc1ccc(Cl)cc1Cl)NCc1ccccc1. The Hall–Kier alpha value is -1.71. The van der Waals surface area contributed by atoms with Gasteiger partial charge in [-0.05, 0) is 29.7 Å². The Bertz CT molecular complexity index is 602. The molecular formula is C16H16Cl2N2O. The lowest BCUT2D eigenvalue weighted by atomic mass is 10.1. The van der Waals surface area contributed by atoms with Gasteiger partial charge in [-0.25, -0.2) is 4.79 Å². The molecule has 0 aliphatic carbocycles. The summed E-state index contributed by atoms with van der Waals surface area (Å²) in [4.78, 5) is 11.7. The van der Waals surface area contributed by atoms with Crippen molar-refractivity contribution in [1.82, 2.24) is 10.6 Å². The quantitative estimate of drug-likeness (QED) is 0.857. The molecule has 0 bridgehead atoms. The molecule has 21 heavy (non-hydrogen) atoms. The largest absolute Gasteiger partial charge is 0.338 e. The van der Waals surface area contributed by atoms with Gasteiger partial charge in [0.05, 0.1) is 0 Å². The van der Waals surface area contributed by atoms with E-state index in [0.717, 1.165) is 11.1 Å². The molecule has 2 aromatic rings. The Morgan fingerprint density at radius 3 is 2.48 bits per heavy atom. The molecule has 0 radical (unpaired) electrons. The summed E-state index contributed by atoms with van der Waals surface area (Å²) in [6, 6.07) is 14.9. The molecule has 0 atom stereocenters. The number of rotatable bonds is 5. The molecule has 2 rings (SSSR count). The molecule has 2 aromatic carbocycles. The van der Waals surface area contributed by atoms with Gasteiger partial charge in [-0.1, -0.05) is 59.6 Å². The first-order chi connectivity index (χ1) is 10.1. The average molecular weight is 323 g/mol. The summed E-state index contributed by atoms with van der Waals surface area (Å²) in [5, 5.41) is 6.83. The Balaban J connectivity index is 1.72. The molecule has 0 heterocycles. The molecule has 5 heteroatoms. The summed E-state index contributed by atoms with van der Waals surface area (Å²) < 4.78 is 0. The van der Waals surface area contributed by atoms with Crippen LogP contribution >= 0.6 is 23.2 Å². The highest BCUT2D eigenvalue weighted by Gasteiger charge is 2.03. The van der Waals surface area contributed by atoms with Gasteiger partial charge >= 0.3 is 6.03 Å². The van der Waals surface area contributed by atoms with Crippen molar-refractivity contribution in [2.75, 3.05) is 6.54 Å². The molecule has 0 aliphatic rings. The third-order valence-corrected chi connectivity index (χ3v) is 3.58. The van der Waals surface area contributed by atoms with Crippen LogP contribution in [0.25, 0.3) is 0 Å². The van der Waals surface area contributed by atoms with Crippen LogP contribution in [0.2, 0.25) is 10.0 Å². The van der Waals surface area contributed by atoms with E-state index in [1.54, 1.807) is 12.1 Å². The first-order valence-corrected chi connectivity index (χ1v) is 7.40. The topological polar surface area (TPSA) is 41.1 Å². The fourth-order valence-electron chi connectivity index (χ4n) is 1.88. The van der Waals surface area contributed by atoms with Crippen molar-refractivity contribution in [3.8, 4) is 0 Å². The lowest BCUT2D eigenvalue weighted by Crippen LogP contribution is -2.36. The molecule has 2 N–H and O–H groups in total. The van der Waals surface area contributed by atoms with Crippen molar-refractivity contribution >= 4 is 29.2 Å². The van der Waals surface area contributed by atoms with Gasteiger partial charge in [-0.2, -0.15) is 0 Å². The van der Waals surface area contributed by atoms with Gasteiger partial charge in [0.15, 0.2) is 0 Å². The third kappa shape index (κ3) is 5.29. The number of urea groups is 1. The standard InChI is InChI=1S/C16H16Cl2N2O/c17-14-7-6-13(15(18)10-14)8-9-19-16(21)20-11-12-4-2-1-3-5-12/h1-7,10H,8-9,11H2,(H2,19,20,21). The van der Waals surface area contributed by atoms with E-state index in [-0.39, 0.29) is 6.03 Å². The maximum absolute atomic E-state index is 11.7. The lowest BCUT2D eigenvalue weighted by molar-refractivity contribution is 0.240. The van der Waals surface area contributed by atoms with E-state index in [9.17, 15) is 4.79 Å². The lowest BCUT2D eigenvalue weighted by Gasteiger charge is -2.08. The second kappa shape index (κ2) is 7.91. The Morgan fingerprint density at radius 1 is 1.00 bits per heavy atom. The Morgan fingerprint density at radius 2 is 1.76 bits per heavy atom. The van der Waals surface area contributed by atoms with Gasteiger partial charge in [0.1, 0.15) is 0 Å². The first kappa shape index (κ1) is 15.7. The van der Waals surface area contributed by atoms with Crippen molar-refractivity contribution < 1.29 is 4.79 Å². The van der Waals surface area contributed by atoms with E-state index in [1.807, 2.05) is 36.4 Å². The molecule has 0 saturated heterocycles. The second-order valence-corrected chi connectivity index (χ2v) is 5.42. The molecule has 2 amide bonds. The molecule has 0 unspecified atom stereocenters. The summed E-state index contributed by atoms with van der Waals surface area (Å²) >= 11 is 11.9. The summed E-state index contributed by atoms with van der Waals surface area (Å²) in [6.07, 6.45) is 0.661. The summed E-state index contributed by atoms with van der Waals surface area (Å²) in [5.41, 5.74) is 2.03. The summed E-state index contributed by atoms with van der Waals surface area (Å²) in [7, 11) is 0. The van der Waals surface area contributed by atoms with Crippen LogP contribution < -0.4 is 10.6 Å². The van der Waals surface area contributed by atoms with Crippen LogP contribution in [-0.2, 0) is 13.0 Å². The maximum Gasteiger partial charge on any atom is 0.315 e. The van der Waals surface area contributed by atoms with Crippen LogP contribution in [0.15, 0.2) is 48.5 Å². The smallest absolute Gasteiger partial charge is 0.315 e. The highest BCUT2D eigenvalue weighted by atomic mass is 35.5. The minimum absolute atomic E-state index is 0.191. The summed E-state index contributed by atoms with van der Waals surface area (Å²) in [5.74, 6) is 0.